The molecule has 1 aromatic carbocycles. The lowest BCUT2D eigenvalue weighted by atomic mass is 9.79. The zero-order valence-corrected chi connectivity index (χ0v) is 11.8. The van der Waals surface area contributed by atoms with Gasteiger partial charge in [-0.25, -0.2) is 4.39 Å². The van der Waals surface area contributed by atoms with E-state index in [9.17, 15) is 9.18 Å². The molecule has 0 radical (unpaired) electrons. The van der Waals surface area contributed by atoms with E-state index in [0.29, 0.717) is 13.1 Å². The Balaban J connectivity index is 2.27. The molecule has 5 nitrogen and oxygen atoms in total. The molecule has 1 aliphatic heterocycles. The first kappa shape index (κ1) is 15.2. The summed E-state index contributed by atoms with van der Waals surface area (Å²) in [5, 5.41) is 18.1. The quantitative estimate of drug-likeness (QED) is 0.726. The van der Waals surface area contributed by atoms with Crippen molar-refractivity contribution in [1.29, 1.82) is 0 Å². The number of carbonyl (C=O) groups is 1. The average molecular weight is 301 g/mol. The SMILES string of the molecule is CN1CCN(C(=O)c2cc(B(O)O)c(F)cc2Cl)CC1. The predicted octanol–water partition coefficient (Wildman–Crippen LogP) is -0.453. The summed E-state index contributed by atoms with van der Waals surface area (Å²) in [5.74, 6) is -1.18. The molecule has 20 heavy (non-hydrogen) atoms. The minimum absolute atomic E-state index is 0.0316. The summed E-state index contributed by atoms with van der Waals surface area (Å²) in [6.45, 7) is 2.61. The van der Waals surface area contributed by atoms with E-state index in [4.69, 9.17) is 21.6 Å². The third-order valence-corrected chi connectivity index (χ3v) is 3.70. The number of hydrogen-bond donors (Lipinski definition) is 2. The van der Waals surface area contributed by atoms with Gasteiger partial charge in [-0.1, -0.05) is 11.6 Å². The maximum Gasteiger partial charge on any atom is 0.491 e. The van der Waals surface area contributed by atoms with Crippen LogP contribution >= 0.6 is 11.6 Å². The van der Waals surface area contributed by atoms with Crippen molar-refractivity contribution in [2.45, 2.75) is 0 Å². The molecule has 2 N–H and O–H groups in total. The first-order valence-corrected chi connectivity index (χ1v) is 6.61. The Hall–Kier alpha value is -1.15. The summed E-state index contributed by atoms with van der Waals surface area (Å²) in [6.07, 6.45) is 0. The first-order chi connectivity index (χ1) is 9.40. The molecule has 0 saturated carbocycles. The van der Waals surface area contributed by atoms with Crippen molar-refractivity contribution in [2.24, 2.45) is 0 Å². The van der Waals surface area contributed by atoms with Crippen molar-refractivity contribution < 1.29 is 19.2 Å². The van der Waals surface area contributed by atoms with E-state index in [0.717, 1.165) is 25.2 Å². The number of rotatable bonds is 2. The lowest BCUT2D eigenvalue weighted by Crippen LogP contribution is -2.47. The van der Waals surface area contributed by atoms with Crippen LogP contribution < -0.4 is 5.46 Å². The fourth-order valence-corrected chi connectivity index (χ4v) is 2.34. The van der Waals surface area contributed by atoms with Crippen LogP contribution in [-0.2, 0) is 0 Å². The Bertz CT molecular complexity index is 522. The molecule has 1 aliphatic rings. The summed E-state index contributed by atoms with van der Waals surface area (Å²) in [6, 6.07) is 2.03. The van der Waals surface area contributed by atoms with Crippen LogP contribution in [0.5, 0.6) is 0 Å². The van der Waals surface area contributed by atoms with Crippen LogP contribution in [0.2, 0.25) is 5.02 Å². The molecule has 0 bridgehead atoms. The number of likely N-dealkylation sites (N-methyl/N-ethyl adjacent to an activating group) is 1. The number of amides is 1. The molecule has 0 atom stereocenters. The van der Waals surface area contributed by atoms with Crippen molar-refractivity contribution >= 4 is 30.1 Å². The predicted molar refractivity (Wildman–Crippen MR) is 74.6 cm³/mol. The van der Waals surface area contributed by atoms with E-state index in [1.165, 1.54) is 0 Å². The van der Waals surface area contributed by atoms with Gasteiger partial charge in [0.1, 0.15) is 5.82 Å². The van der Waals surface area contributed by atoms with Gasteiger partial charge in [0.05, 0.1) is 10.6 Å². The number of nitrogens with zero attached hydrogens (tertiary/aromatic N) is 2. The van der Waals surface area contributed by atoms with E-state index in [-0.39, 0.29) is 22.0 Å². The van der Waals surface area contributed by atoms with Crippen molar-refractivity contribution in [3.8, 4) is 0 Å². The lowest BCUT2D eigenvalue weighted by Gasteiger charge is -2.32. The Morgan fingerprint density at radius 1 is 1.30 bits per heavy atom. The zero-order chi connectivity index (χ0) is 14.9. The molecular formula is C12H15BClFN2O3. The standard InChI is InChI=1S/C12H15BClFN2O3/c1-16-2-4-17(5-3-16)12(18)8-6-9(13(19)20)11(15)7-10(8)14/h6-7,19-20H,2-5H2,1H3. The van der Waals surface area contributed by atoms with E-state index in [2.05, 4.69) is 4.90 Å². The largest absolute Gasteiger partial charge is 0.491 e. The topological polar surface area (TPSA) is 64.0 Å². The molecule has 0 spiro atoms. The molecule has 8 heteroatoms. The van der Waals surface area contributed by atoms with E-state index < -0.39 is 12.9 Å². The molecule has 1 amide bonds. The molecular weight excluding hydrogens is 285 g/mol. The van der Waals surface area contributed by atoms with Crippen molar-refractivity contribution in [2.75, 3.05) is 33.2 Å². The number of hydrogen-bond acceptors (Lipinski definition) is 4. The highest BCUT2D eigenvalue weighted by Crippen LogP contribution is 2.19. The molecule has 0 aliphatic carbocycles. The smallest absolute Gasteiger partial charge is 0.423 e. The van der Waals surface area contributed by atoms with E-state index in [1.54, 1.807) is 4.90 Å². The fourth-order valence-electron chi connectivity index (χ4n) is 2.11. The molecule has 1 fully saturated rings. The van der Waals surface area contributed by atoms with Gasteiger partial charge in [0.25, 0.3) is 5.91 Å². The van der Waals surface area contributed by atoms with Crippen molar-refractivity contribution in [1.82, 2.24) is 9.80 Å². The van der Waals surface area contributed by atoms with Gasteiger partial charge in [-0.2, -0.15) is 0 Å². The lowest BCUT2D eigenvalue weighted by molar-refractivity contribution is 0.0664. The van der Waals surface area contributed by atoms with Gasteiger partial charge in [0.2, 0.25) is 0 Å². The molecule has 1 aromatic rings. The maximum atomic E-state index is 13.5. The van der Waals surface area contributed by atoms with Crippen LogP contribution in [0.1, 0.15) is 10.4 Å². The van der Waals surface area contributed by atoms with Crippen LogP contribution in [0.15, 0.2) is 12.1 Å². The Morgan fingerprint density at radius 3 is 2.45 bits per heavy atom. The second kappa shape index (κ2) is 6.09. The Morgan fingerprint density at radius 2 is 1.90 bits per heavy atom. The molecule has 0 unspecified atom stereocenters. The highest BCUT2D eigenvalue weighted by Gasteiger charge is 2.26. The van der Waals surface area contributed by atoms with Gasteiger partial charge in [-0.05, 0) is 19.2 Å². The summed E-state index contributed by atoms with van der Waals surface area (Å²) < 4.78 is 13.5. The third-order valence-electron chi connectivity index (χ3n) is 3.39. The highest BCUT2D eigenvalue weighted by molar-refractivity contribution is 6.59. The normalized spacial score (nSPS) is 16.4. The van der Waals surface area contributed by atoms with E-state index >= 15 is 0 Å². The van der Waals surface area contributed by atoms with Crippen LogP contribution in [0.4, 0.5) is 4.39 Å². The van der Waals surface area contributed by atoms with Gasteiger partial charge in [-0.15, -0.1) is 0 Å². The number of benzene rings is 1. The molecule has 0 aromatic heterocycles. The first-order valence-electron chi connectivity index (χ1n) is 6.23. The van der Waals surface area contributed by atoms with Crippen LogP contribution in [0.25, 0.3) is 0 Å². The number of piperazine rings is 1. The summed E-state index contributed by atoms with van der Waals surface area (Å²) in [7, 11) is -0.0151. The second-order valence-corrected chi connectivity index (χ2v) is 5.23. The summed E-state index contributed by atoms with van der Waals surface area (Å²) in [4.78, 5) is 16.1. The van der Waals surface area contributed by atoms with Crippen molar-refractivity contribution in [3.05, 3.63) is 28.5 Å². The van der Waals surface area contributed by atoms with Gasteiger partial charge >= 0.3 is 7.12 Å². The number of halogens is 2. The Labute approximate surface area is 121 Å². The monoisotopic (exact) mass is 300 g/mol. The fraction of sp³-hybridized carbons (Fsp3) is 0.417. The third kappa shape index (κ3) is 3.12. The van der Waals surface area contributed by atoms with Gasteiger partial charge in [0, 0.05) is 31.6 Å². The van der Waals surface area contributed by atoms with Gasteiger partial charge in [-0.3, -0.25) is 4.79 Å². The number of carbonyl (C=O) groups excluding carboxylic acids is 1. The minimum atomic E-state index is -1.98. The van der Waals surface area contributed by atoms with Crippen LogP contribution in [0.3, 0.4) is 0 Å². The molecule has 2 rings (SSSR count). The molecule has 108 valence electrons. The maximum absolute atomic E-state index is 13.5. The summed E-state index contributed by atoms with van der Waals surface area (Å²) >= 11 is 5.89. The zero-order valence-electron chi connectivity index (χ0n) is 11.0. The summed E-state index contributed by atoms with van der Waals surface area (Å²) in [5.41, 5.74) is -0.271. The Kier molecular flexibility index (Phi) is 4.64. The highest BCUT2D eigenvalue weighted by atomic mass is 35.5. The van der Waals surface area contributed by atoms with Crippen LogP contribution in [-0.4, -0.2) is 66.1 Å². The second-order valence-electron chi connectivity index (χ2n) is 4.82. The average Bonchev–Trinajstić information content (AvgIpc) is 2.38. The molecule has 1 saturated heterocycles. The minimum Gasteiger partial charge on any atom is -0.423 e. The van der Waals surface area contributed by atoms with Crippen LogP contribution in [0, 0.1) is 5.82 Å². The molecule has 1 heterocycles. The van der Waals surface area contributed by atoms with Crippen molar-refractivity contribution in [3.63, 3.8) is 0 Å². The van der Waals surface area contributed by atoms with E-state index in [1.807, 2.05) is 7.05 Å². The van der Waals surface area contributed by atoms with Gasteiger partial charge < -0.3 is 19.8 Å². The van der Waals surface area contributed by atoms with Gasteiger partial charge in [0.15, 0.2) is 0 Å².